The van der Waals surface area contributed by atoms with Gasteiger partial charge in [0.25, 0.3) is 0 Å². The number of anilines is 2. The highest BCUT2D eigenvalue weighted by molar-refractivity contribution is 5.91. The number of nitrogens with two attached hydrogens (primary N) is 1. The van der Waals surface area contributed by atoms with E-state index in [-0.39, 0.29) is 6.04 Å². The summed E-state index contributed by atoms with van der Waals surface area (Å²) in [6.07, 6.45) is 0. The Balaban J connectivity index is 2.05. The van der Waals surface area contributed by atoms with Crippen LogP contribution in [0.2, 0.25) is 0 Å². The number of nitrogen functional groups attached to an aromatic ring is 1. The highest BCUT2D eigenvalue weighted by Crippen LogP contribution is 2.30. The van der Waals surface area contributed by atoms with Crippen molar-refractivity contribution in [3.8, 4) is 5.75 Å². The van der Waals surface area contributed by atoms with Crippen LogP contribution in [0.1, 0.15) is 35.5 Å². The highest BCUT2D eigenvalue weighted by Gasteiger charge is 2.13. The Bertz CT molecular complexity index is 916. The molecule has 1 aromatic heterocycles. The molecule has 3 rings (SSSR count). The van der Waals surface area contributed by atoms with Gasteiger partial charge in [-0.05, 0) is 68.7 Å². The van der Waals surface area contributed by atoms with Crippen LogP contribution in [0.3, 0.4) is 0 Å². The first-order valence-corrected chi connectivity index (χ1v) is 8.34. The number of ether oxygens (including phenoxy) is 1. The monoisotopic (exact) mass is 336 g/mol. The average molecular weight is 336 g/mol. The third-order valence-electron chi connectivity index (χ3n) is 4.30. The van der Waals surface area contributed by atoms with E-state index in [0.717, 1.165) is 50.7 Å². The molecule has 0 aliphatic rings. The summed E-state index contributed by atoms with van der Waals surface area (Å²) in [7, 11) is 1.68. The fourth-order valence-electron chi connectivity index (χ4n) is 3.09. The van der Waals surface area contributed by atoms with Crippen LogP contribution < -0.4 is 15.8 Å². The fraction of sp³-hybridized carbons (Fsp3) is 0.300. The maximum atomic E-state index is 5.99. The quantitative estimate of drug-likeness (QED) is 0.694. The number of fused-ring (bicyclic) bond motifs is 1. The van der Waals surface area contributed by atoms with Gasteiger partial charge < -0.3 is 15.8 Å². The normalized spacial score (nSPS) is 12.2. The molecule has 0 saturated heterocycles. The van der Waals surface area contributed by atoms with E-state index >= 15 is 0 Å². The van der Waals surface area contributed by atoms with Crippen molar-refractivity contribution in [1.29, 1.82) is 0 Å². The molecule has 3 N–H and O–H groups in total. The Morgan fingerprint density at radius 3 is 2.48 bits per heavy atom. The van der Waals surface area contributed by atoms with Gasteiger partial charge in [0, 0.05) is 11.1 Å². The summed E-state index contributed by atoms with van der Waals surface area (Å²) in [6.45, 7) is 8.06. The zero-order chi connectivity index (χ0) is 18.1. The molecular formula is C20H24N4O. The zero-order valence-electron chi connectivity index (χ0n) is 15.3. The predicted octanol–water partition coefficient (Wildman–Crippen LogP) is 4.32. The van der Waals surface area contributed by atoms with E-state index < -0.39 is 0 Å². The van der Waals surface area contributed by atoms with E-state index in [0.29, 0.717) is 0 Å². The van der Waals surface area contributed by atoms with Gasteiger partial charge in [-0.25, -0.2) is 9.97 Å². The number of nitrogens with one attached hydrogen (secondary N) is 1. The molecule has 0 fully saturated rings. The second kappa shape index (κ2) is 6.59. The summed E-state index contributed by atoms with van der Waals surface area (Å²) in [6, 6.07) is 10.2. The van der Waals surface area contributed by atoms with Gasteiger partial charge in [0.15, 0.2) is 0 Å². The molecule has 0 radical (unpaired) electrons. The molecule has 1 atom stereocenters. The molecule has 5 heteroatoms. The topological polar surface area (TPSA) is 73.1 Å². The van der Waals surface area contributed by atoms with Gasteiger partial charge in [0.05, 0.1) is 18.7 Å². The number of aromatic nitrogens is 2. The molecule has 5 nitrogen and oxygen atoms in total. The fourth-order valence-corrected chi connectivity index (χ4v) is 3.09. The molecule has 25 heavy (non-hydrogen) atoms. The Morgan fingerprint density at radius 2 is 1.80 bits per heavy atom. The molecule has 2 aromatic carbocycles. The second-order valence-electron chi connectivity index (χ2n) is 6.50. The molecule has 0 saturated carbocycles. The molecule has 3 aromatic rings. The second-order valence-corrected chi connectivity index (χ2v) is 6.50. The Labute approximate surface area is 148 Å². The van der Waals surface area contributed by atoms with Gasteiger partial charge in [0.1, 0.15) is 17.4 Å². The highest BCUT2D eigenvalue weighted by atomic mass is 16.5. The van der Waals surface area contributed by atoms with Crippen molar-refractivity contribution in [3.63, 3.8) is 0 Å². The molecule has 0 unspecified atom stereocenters. The Kier molecular flexibility index (Phi) is 4.49. The summed E-state index contributed by atoms with van der Waals surface area (Å²) < 4.78 is 5.46. The number of aryl methyl sites for hydroxylation is 3. The smallest absolute Gasteiger partial charge is 0.138 e. The zero-order valence-corrected chi connectivity index (χ0v) is 15.3. The lowest BCUT2D eigenvalue weighted by molar-refractivity contribution is 0.412. The molecule has 0 bridgehead atoms. The first-order chi connectivity index (χ1) is 11.9. The van der Waals surface area contributed by atoms with Crippen LogP contribution >= 0.6 is 0 Å². The van der Waals surface area contributed by atoms with E-state index in [1.807, 2.05) is 45.0 Å². The number of hydrogen-bond donors (Lipinski definition) is 2. The van der Waals surface area contributed by atoms with Crippen molar-refractivity contribution in [1.82, 2.24) is 9.97 Å². The van der Waals surface area contributed by atoms with Crippen LogP contribution in [0, 0.1) is 20.8 Å². The van der Waals surface area contributed by atoms with Gasteiger partial charge in [-0.15, -0.1) is 0 Å². The maximum absolute atomic E-state index is 5.99. The van der Waals surface area contributed by atoms with Crippen LogP contribution in [0.25, 0.3) is 10.9 Å². The summed E-state index contributed by atoms with van der Waals surface area (Å²) >= 11 is 0. The molecule has 130 valence electrons. The maximum Gasteiger partial charge on any atom is 0.138 e. The number of rotatable bonds is 4. The van der Waals surface area contributed by atoms with Gasteiger partial charge in [-0.1, -0.05) is 6.07 Å². The van der Waals surface area contributed by atoms with Crippen molar-refractivity contribution >= 4 is 22.4 Å². The largest absolute Gasteiger partial charge is 0.496 e. The minimum Gasteiger partial charge on any atom is -0.496 e. The van der Waals surface area contributed by atoms with Crippen LogP contribution in [0.15, 0.2) is 30.3 Å². The van der Waals surface area contributed by atoms with Gasteiger partial charge in [0.2, 0.25) is 0 Å². The van der Waals surface area contributed by atoms with Crippen molar-refractivity contribution in [3.05, 3.63) is 52.8 Å². The van der Waals surface area contributed by atoms with E-state index in [9.17, 15) is 0 Å². The first kappa shape index (κ1) is 17.0. The molecule has 1 heterocycles. The SMILES string of the molecule is COc1cc2c(N[C@H](C)c3cc(C)cc(N)c3)nc(C)nc2cc1C. The Morgan fingerprint density at radius 1 is 1.04 bits per heavy atom. The summed E-state index contributed by atoms with van der Waals surface area (Å²) in [5, 5.41) is 4.45. The van der Waals surface area contributed by atoms with Crippen LogP contribution in [-0.4, -0.2) is 17.1 Å². The summed E-state index contributed by atoms with van der Waals surface area (Å²) in [5.74, 6) is 2.36. The standard InChI is InChI=1S/C20H24N4O/c1-11-6-15(9-16(21)7-11)13(3)22-20-17-10-19(25-5)12(2)8-18(17)23-14(4)24-20/h6-10,13H,21H2,1-5H3,(H,22,23,24)/t13-/m1/s1. The van der Waals surface area contributed by atoms with Crippen molar-refractivity contribution < 1.29 is 4.74 Å². The third kappa shape index (κ3) is 3.50. The lowest BCUT2D eigenvalue weighted by atomic mass is 10.0. The summed E-state index contributed by atoms with van der Waals surface area (Å²) in [4.78, 5) is 9.16. The van der Waals surface area contributed by atoms with Crippen LogP contribution in [0.5, 0.6) is 5.75 Å². The number of nitrogens with zero attached hydrogens (tertiary/aromatic N) is 2. The molecule has 0 aliphatic carbocycles. The van der Waals surface area contributed by atoms with Gasteiger partial charge in [-0.3, -0.25) is 0 Å². The van der Waals surface area contributed by atoms with E-state index in [1.54, 1.807) is 7.11 Å². The number of methoxy groups -OCH3 is 1. The van der Waals surface area contributed by atoms with Crippen LogP contribution in [-0.2, 0) is 0 Å². The van der Waals surface area contributed by atoms with Gasteiger partial charge >= 0.3 is 0 Å². The van der Waals surface area contributed by atoms with Crippen molar-refractivity contribution in [2.45, 2.75) is 33.7 Å². The minimum absolute atomic E-state index is 0.0620. The van der Waals surface area contributed by atoms with E-state index in [4.69, 9.17) is 10.5 Å². The van der Waals surface area contributed by atoms with Crippen molar-refractivity contribution in [2.24, 2.45) is 0 Å². The van der Waals surface area contributed by atoms with Crippen molar-refractivity contribution in [2.75, 3.05) is 18.2 Å². The first-order valence-electron chi connectivity index (χ1n) is 8.34. The minimum atomic E-state index is 0.0620. The molecule has 0 aliphatic heterocycles. The lowest BCUT2D eigenvalue weighted by Gasteiger charge is -2.18. The number of hydrogen-bond acceptors (Lipinski definition) is 5. The lowest BCUT2D eigenvalue weighted by Crippen LogP contribution is -2.10. The molecular weight excluding hydrogens is 312 g/mol. The third-order valence-corrected chi connectivity index (χ3v) is 4.30. The van der Waals surface area contributed by atoms with E-state index in [1.165, 1.54) is 0 Å². The summed E-state index contributed by atoms with van der Waals surface area (Å²) in [5.41, 5.74) is 11.0. The van der Waals surface area contributed by atoms with Gasteiger partial charge in [-0.2, -0.15) is 0 Å². The average Bonchev–Trinajstić information content (AvgIpc) is 2.53. The molecule has 0 spiro atoms. The Hall–Kier alpha value is -2.82. The van der Waals surface area contributed by atoms with E-state index in [2.05, 4.69) is 28.3 Å². The predicted molar refractivity (Wildman–Crippen MR) is 103 cm³/mol. The van der Waals surface area contributed by atoms with Crippen LogP contribution in [0.4, 0.5) is 11.5 Å². The molecule has 0 amide bonds. The number of benzene rings is 2.